The van der Waals surface area contributed by atoms with Crippen LogP contribution in [-0.4, -0.2) is 58.4 Å². The second kappa shape index (κ2) is 4.22. The van der Waals surface area contributed by atoms with Gasteiger partial charge in [-0.3, -0.25) is 20.1 Å². The lowest BCUT2D eigenvalue weighted by Crippen LogP contribution is -2.52. The normalized spacial score (nSPS) is 27.1. The van der Waals surface area contributed by atoms with Crippen molar-refractivity contribution in [1.82, 2.24) is 5.32 Å². The number of aliphatic hydroxyl groups excluding tert-OH is 2. The van der Waals surface area contributed by atoms with Gasteiger partial charge in [-0.15, -0.1) is 0 Å². The highest BCUT2D eigenvalue weighted by Gasteiger charge is 2.33. The number of hydrogen-bond acceptors (Lipinski definition) is 7. The molecule has 0 aromatic heterocycles. The third-order valence-corrected chi connectivity index (χ3v) is 2.48. The number of nitrogens with one attached hydrogen (secondary N) is 1. The molecule has 92 valence electrons. The molecule has 1 amide bonds. The first kappa shape index (κ1) is 11.7. The largest absolute Gasteiger partial charge is 0.390 e. The number of aliphatic imine (C=N–C) groups is 3. The van der Waals surface area contributed by atoms with Crippen molar-refractivity contribution in [2.24, 2.45) is 20.7 Å². The van der Waals surface area contributed by atoms with Crippen LogP contribution in [0.15, 0.2) is 15.0 Å². The summed E-state index contributed by atoms with van der Waals surface area (Å²) in [4.78, 5) is 23.5. The minimum absolute atomic E-state index is 0.0141. The Balaban J connectivity index is 2.25. The fourth-order valence-corrected chi connectivity index (χ4v) is 1.58. The predicted octanol–water partition coefficient (Wildman–Crippen LogP) is -2.61. The number of nitrogens with zero attached hydrogens (tertiary/aromatic N) is 3. The number of hydrogen-bond donors (Lipinski definition) is 4. The Kier molecular flexibility index (Phi) is 2.90. The van der Waals surface area contributed by atoms with E-state index in [4.69, 9.17) is 5.73 Å². The van der Waals surface area contributed by atoms with E-state index in [1.54, 1.807) is 0 Å². The molecule has 0 bridgehead atoms. The van der Waals surface area contributed by atoms with Gasteiger partial charge in [-0.25, -0.2) is 0 Å². The van der Waals surface area contributed by atoms with Crippen molar-refractivity contribution in [3.63, 3.8) is 0 Å². The average molecular weight is 239 g/mol. The van der Waals surface area contributed by atoms with Crippen LogP contribution in [-0.2, 0) is 4.79 Å². The fraction of sp³-hybridized carbons (Fsp3) is 0.556. The first-order chi connectivity index (χ1) is 7.99. The number of guanidine groups is 1. The maximum atomic E-state index is 11.6. The van der Waals surface area contributed by atoms with Gasteiger partial charge in [-0.1, -0.05) is 0 Å². The quantitative estimate of drug-likeness (QED) is 0.420. The second-order valence-corrected chi connectivity index (χ2v) is 3.87. The maximum absolute atomic E-state index is 11.6. The van der Waals surface area contributed by atoms with Gasteiger partial charge in [0.2, 0.25) is 5.96 Å². The number of amidine groups is 1. The van der Waals surface area contributed by atoms with E-state index in [9.17, 15) is 15.0 Å². The number of fused-ring (bicyclic) bond motifs is 1. The SMILES string of the molecule is C[C@H](O)[C@H](O)C1=N[C@H]2C(=O)NC(N)=NC2=NC1. The Morgan fingerprint density at radius 2 is 2.24 bits per heavy atom. The van der Waals surface area contributed by atoms with Gasteiger partial charge in [0.05, 0.1) is 18.4 Å². The minimum Gasteiger partial charge on any atom is -0.390 e. The second-order valence-electron chi connectivity index (χ2n) is 3.87. The van der Waals surface area contributed by atoms with E-state index in [0.717, 1.165) is 0 Å². The number of amides is 1. The summed E-state index contributed by atoms with van der Waals surface area (Å²) in [6.45, 7) is 1.53. The van der Waals surface area contributed by atoms with Gasteiger partial charge >= 0.3 is 0 Å². The number of aliphatic hydroxyl groups is 2. The van der Waals surface area contributed by atoms with Gasteiger partial charge in [-0.2, -0.15) is 4.99 Å². The lowest BCUT2D eigenvalue weighted by molar-refractivity contribution is -0.119. The van der Waals surface area contributed by atoms with Crippen LogP contribution in [0.5, 0.6) is 0 Å². The smallest absolute Gasteiger partial charge is 0.259 e. The Hall–Kier alpha value is -1.80. The summed E-state index contributed by atoms with van der Waals surface area (Å²) >= 11 is 0. The highest BCUT2D eigenvalue weighted by molar-refractivity contribution is 6.21. The monoisotopic (exact) mass is 239 g/mol. The summed E-state index contributed by atoms with van der Waals surface area (Å²) in [6, 6.07) is -0.889. The van der Waals surface area contributed by atoms with Crippen molar-refractivity contribution in [3.8, 4) is 0 Å². The maximum Gasteiger partial charge on any atom is 0.259 e. The molecular formula is C9H13N5O3. The highest BCUT2D eigenvalue weighted by Crippen LogP contribution is 2.11. The number of carbonyl (C=O) groups is 1. The zero-order valence-electron chi connectivity index (χ0n) is 9.16. The zero-order valence-corrected chi connectivity index (χ0v) is 9.16. The van der Waals surface area contributed by atoms with E-state index in [0.29, 0.717) is 0 Å². The van der Waals surface area contributed by atoms with Gasteiger partial charge < -0.3 is 15.9 Å². The van der Waals surface area contributed by atoms with Gasteiger partial charge in [-0.05, 0) is 6.92 Å². The van der Waals surface area contributed by atoms with Crippen molar-refractivity contribution in [1.29, 1.82) is 0 Å². The van der Waals surface area contributed by atoms with Crippen molar-refractivity contribution in [2.75, 3.05) is 6.54 Å². The van der Waals surface area contributed by atoms with Gasteiger partial charge in [0, 0.05) is 0 Å². The van der Waals surface area contributed by atoms with Crippen LogP contribution in [0.3, 0.4) is 0 Å². The minimum atomic E-state index is -1.13. The van der Waals surface area contributed by atoms with E-state index in [2.05, 4.69) is 20.3 Å². The molecule has 0 saturated heterocycles. The van der Waals surface area contributed by atoms with Crippen LogP contribution < -0.4 is 11.1 Å². The molecule has 2 aliphatic rings. The molecular weight excluding hydrogens is 226 g/mol. The molecule has 0 aromatic carbocycles. The molecule has 2 rings (SSSR count). The van der Waals surface area contributed by atoms with Gasteiger partial charge in [0.15, 0.2) is 11.9 Å². The molecule has 2 aliphatic heterocycles. The summed E-state index contributed by atoms with van der Waals surface area (Å²) < 4.78 is 0. The van der Waals surface area contributed by atoms with Crippen molar-refractivity contribution < 1.29 is 15.0 Å². The number of carbonyl (C=O) groups excluding carboxylic acids is 1. The Morgan fingerprint density at radius 3 is 2.88 bits per heavy atom. The molecule has 0 unspecified atom stereocenters. The molecule has 0 saturated carbocycles. The average Bonchev–Trinajstić information content (AvgIpc) is 2.27. The molecule has 5 N–H and O–H groups in total. The number of nitrogens with two attached hydrogens (primary N) is 1. The predicted molar refractivity (Wildman–Crippen MR) is 61.0 cm³/mol. The standard InChI is InChI=1S/C9H13N5O3/c1-3(15)6(16)4-2-11-7-5(12-4)8(17)14-9(10)13-7/h3,5-6,15-16H,2H2,1H3,(H3,10,11,13,14,17)/t3-,5+,6-/m0/s1. The molecule has 0 spiro atoms. The molecule has 17 heavy (non-hydrogen) atoms. The molecule has 0 aliphatic carbocycles. The van der Waals surface area contributed by atoms with E-state index in [1.807, 2.05) is 0 Å². The molecule has 8 heteroatoms. The fourth-order valence-electron chi connectivity index (χ4n) is 1.58. The lowest BCUT2D eigenvalue weighted by atomic mass is 10.1. The molecule has 2 heterocycles. The highest BCUT2D eigenvalue weighted by atomic mass is 16.3. The van der Waals surface area contributed by atoms with Crippen LogP contribution in [0, 0.1) is 0 Å². The topological polar surface area (TPSA) is 133 Å². The zero-order chi connectivity index (χ0) is 12.6. The number of rotatable bonds is 2. The summed E-state index contributed by atoms with van der Waals surface area (Å²) in [7, 11) is 0. The van der Waals surface area contributed by atoms with Crippen molar-refractivity contribution in [2.45, 2.75) is 25.2 Å². The van der Waals surface area contributed by atoms with Crippen LogP contribution in [0.2, 0.25) is 0 Å². The summed E-state index contributed by atoms with van der Waals surface area (Å²) in [5.41, 5.74) is 5.64. The van der Waals surface area contributed by atoms with Crippen LogP contribution in [0.1, 0.15) is 6.92 Å². The first-order valence-electron chi connectivity index (χ1n) is 5.11. The first-order valence-corrected chi connectivity index (χ1v) is 5.11. The summed E-state index contributed by atoms with van der Waals surface area (Å²) in [5, 5.41) is 21.2. The van der Waals surface area contributed by atoms with Crippen molar-refractivity contribution >= 4 is 23.4 Å². The molecule has 3 atom stereocenters. The van der Waals surface area contributed by atoms with E-state index < -0.39 is 24.2 Å². The Morgan fingerprint density at radius 1 is 1.53 bits per heavy atom. The molecule has 0 fully saturated rings. The summed E-state index contributed by atoms with van der Waals surface area (Å²) in [6.07, 6.45) is -2.10. The third-order valence-electron chi connectivity index (χ3n) is 2.48. The Labute approximate surface area is 97.0 Å². The van der Waals surface area contributed by atoms with Gasteiger partial charge in [0.1, 0.15) is 6.10 Å². The third kappa shape index (κ3) is 2.17. The van der Waals surface area contributed by atoms with E-state index in [-0.39, 0.29) is 24.1 Å². The van der Waals surface area contributed by atoms with Crippen LogP contribution >= 0.6 is 0 Å². The molecule has 0 aromatic rings. The molecule has 8 nitrogen and oxygen atoms in total. The summed E-state index contributed by atoms with van der Waals surface area (Å²) in [5.74, 6) is -0.223. The van der Waals surface area contributed by atoms with Crippen LogP contribution in [0.4, 0.5) is 0 Å². The van der Waals surface area contributed by atoms with Crippen LogP contribution in [0.25, 0.3) is 0 Å². The van der Waals surface area contributed by atoms with Crippen molar-refractivity contribution in [3.05, 3.63) is 0 Å². The lowest BCUT2D eigenvalue weighted by Gasteiger charge is -2.25. The van der Waals surface area contributed by atoms with Gasteiger partial charge in [0.25, 0.3) is 5.91 Å². The van der Waals surface area contributed by atoms with E-state index in [1.165, 1.54) is 6.92 Å². The molecule has 0 radical (unpaired) electrons. The van der Waals surface area contributed by atoms with E-state index >= 15 is 0 Å². The Bertz CT molecular complexity index is 440.